The fraction of sp³-hybridized carbons (Fsp3) is 0.529. The Balaban J connectivity index is 2.69. The second-order valence-electron chi connectivity index (χ2n) is 6.19. The first-order valence-corrected chi connectivity index (χ1v) is 8.75. The number of thioether (sulfide) groups is 1. The maximum atomic E-state index is 11.9. The Bertz CT molecular complexity index is 531. The average molecular weight is 354 g/mol. The van der Waals surface area contributed by atoms with E-state index in [1.165, 1.54) is 18.9 Å². The molecule has 0 fully saturated rings. The van der Waals surface area contributed by atoms with Crippen LogP contribution in [0.5, 0.6) is 0 Å². The van der Waals surface area contributed by atoms with E-state index in [-0.39, 0.29) is 5.25 Å². The third kappa shape index (κ3) is 7.23. The topological polar surface area (TPSA) is 90.6 Å². The summed E-state index contributed by atoms with van der Waals surface area (Å²) in [5, 5.41) is 2.58. The molecule has 134 valence electrons. The van der Waals surface area contributed by atoms with Crippen LogP contribution in [0.1, 0.15) is 31.6 Å². The lowest BCUT2D eigenvalue weighted by atomic mass is 10.1. The summed E-state index contributed by atoms with van der Waals surface area (Å²) in [4.78, 5) is 23.8. The molecule has 2 atom stereocenters. The summed E-state index contributed by atoms with van der Waals surface area (Å²) in [6, 6.07) is 8.98. The molecule has 3 N–H and O–H groups in total. The molecule has 24 heavy (non-hydrogen) atoms. The third-order valence-electron chi connectivity index (χ3n) is 3.03. The molecule has 1 amide bonds. The molecule has 0 radical (unpaired) electrons. The summed E-state index contributed by atoms with van der Waals surface area (Å²) < 4.78 is 9.95. The monoisotopic (exact) mass is 354 g/mol. The molecule has 7 heteroatoms. The van der Waals surface area contributed by atoms with Gasteiger partial charge < -0.3 is 20.5 Å². The summed E-state index contributed by atoms with van der Waals surface area (Å²) in [7, 11) is 1.29. The van der Waals surface area contributed by atoms with Crippen LogP contribution in [0.15, 0.2) is 30.3 Å². The van der Waals surface area contributed by atoms with Crippen LogP contribution in [-0.4, -0.2) is 43.1 Å². The van der Waals surface area contributed by atoms with Crippen molar-refractivity contribution in [3.8, 4) is 0 Å². The van der Waals surface area contributed by atoms with E-state index in [0.29, 0.717) is 12.3 Å². The summed E-state index contributed by atoms with van der Waals surface area (Å²) in [6.07, 6.45) is -0.650. The van der Waals surface area contributed by atoms with E-state index >= 15 is 0 Å². The molecule has 0 spiro atoms. The van der Waals surface area contributed by atoms with Crippen LogP contribution in [-0.2, 0) is 14.3 Å². The van der Waals surface area contributed by atoms with Gasteiger partial charge in [-0.2, -0.15) is 0 Å². The van der Waals surface area contributed by atoms with Gasteiger partial charge in [0.25, 0.3) is 0 Å². The maximum Gasteiger partial charge on any atom is 0.408 e. The Morgan fingerprint density at radius 2 is 1.88 bits per heavy atom. The number of hydrogen-bond acceptors (Lipinski definition) is 6. The van der Waals surface area contributed by atoms with E-state index in [1.807, 2.05) is 30.3 Å². The lowest BCUT2D eigenvalue weighted by Crippen LogP contribution is -2.45. The van der Waals surface area contributed by atoms with Crippen molar-refractivity contribution >= 4 is 23.8 Å². The molecule has 0 aliphatic carbocycles. The van der Waals surface area contributed by atoms with Crippen molar-refractivity contribution in [1.82, 2.24) is 5.32 Å². The number of esters is 1. The van der Waals surface area contributed by atoms with Crippen molar-refractivity contribution in [2.45, 2.75) is 37.7 Å². The van der Waals surface area contributed by atoms with E-state index in [9.17, 15) is 9.59 Å². The third-order valence-corrected chi connectivity index (χ3v) is 4.42. The van der Waals surface area contributed by atoms with Gasteiger partial charge in [0.2, 0.25) is 0 Å². The fourth-order valence-electron chi connectivity index (χ4n) is 1.94. The second-order valence-corrected chi connectivity index (χ2v) is 7.43. The molecule has 0 bridgehead atoms. The van der Waals surface area contributed by atoms with Gasteiger partial charge in [-0.1, -0.05) is 30.3 Å². The second kappa shape index (κ2) is 9.54. The molecule has 0 aliphatic rings. The minimum Gasteiger partial charge on any atom is -0.467 e. The number of nitrogens with two attached hydrogens (primary N) is 1. The number of nitrogens with one attached hydrogen (secondary N) is 1. The summed E-state index contributed by atoms with van der Waals surface area (Å²) >= 11 is 1.49. The molecule has 6 nitrogen and oxygen atoms in total. The highest BCUT2D eigenvalue weighted by Gasteiger charge is 2.26. The Hall–Kier alpha value is -1.73. The first-order valence-electron chi connectivity index (χ1n) is 7.70. The minimum atomic E-state index is -0.799. The van der Waals surface area contributed by atoms with Gasteiger partial charge in [0.05, 0.1) is 7.11 Å². The molecular weight excluding hydrogens is 328 g/mol. The van der Waals surface area contributed by atoms with E-state index in [2.05, 4.69) is 5.32 Å². The van der Waals surface area contributed by atoms with Crippen molar-refractivity contribution in [2.24, 2.45) is 5.73 Å². The molecule has 1 aromatic rings. The number of benzene rings is 1. The zero-order chi connectivity index (χ0) is 18.2. The van der Waals surface area contributed by atoms with Gasteiger partial charge in [0.15, 0.2) is 0 Å². The van der Waals surface area contributed by atoms with Crippen molar-refractivity contribution < 1.29 is 19.1 Å². The molecule has 0 saturated heterocycles. The zero-order valence-electron chi connectivity index (χ0n) is 14.6. The van der Waals surface area contributed by atoms with Gasteiger partial charge in [-0.3, -0.25) is 0 Å². The largest absolute Gasteiger partial charge is 0.467 e. The zero-order valence-corrected chi connectivity index (χ0v) is 15.4. The van der Waals surface area contributed by atoms with Crippen LogP contribution < -0.4 is 11.1 Å². The van der Waals surface area contributed by atoms with Gasteiger partial charge in [-0.25, -0.2) is 9.59 Å². The Morgan fingerprint density at radius 3 is 2.38 bits per heavy atom. The Morgan fingerprint density at radius 1 is 1.25 bits per heavy atom. The first kappa shape index (κ1) is 20.3. The number of alkyl carbamates (subject to hydrolysis) is 1. The predicted molar refractivity (Wildman–Crippen MR) is 95.9 cm³/mol. The summed E-state index contributed by atoms with van der Waals surface area (Å²) in [6.45, 7) is 5.70. The smallest absolute Gasteiger partial charge is 0.408 e. The van der Waals surface area contributed by atoms with Gasteiger partial charge in [0, 0.05) is 17.5 Å². The van der Waals surface area contributed by atoms with Crippen molar-refractivity contribution in [3.05, 3.63) is 35.9 Å². The number of methoxy groups -OCH3 is 1. The fourth-order valence-corrected chi connectivity index (χ4v) is 3.07. The van der Waals surface area contributed by atoms with E-state index in [0.717, 1.165) is 5.56 Å². The summed E-state index contributed by atoms with van der Waals surface area (Å²) in [5.74, 6) is -0.180. The maximum absolute atomic E-state index is 11.9. The van der Waals surface area contributed by atoms with Gasteiger partial charge in [-0.05, 0) is 26.3 Å². The van der Waals surface area contributed by atoms with Crippen LogP contribution in [0, 0.1) is 0 Å². The van der Waals surface area contributed by atoms with E-state index < -0.39 is 23.7 Å². The van der Waals surface area contributed by atoms with Crippen LogP contribution in [0.4, 0.5) is 4.79 Å². The van der Waals surface area contributed by atoms with Crippen LogP contribution in [0.2, 0.25) is 0 Å². The standard InChI is InChI=1S/C17H26N2O4S/c1-17(2,3)23-16(21)19-13(15(20)22-4)11-24-14(10-18)12-8-6-5-7-9-12/h5-9,13-14H,10-11,18H2,1-4H3,(H,19,21)/t13-,14?/m1/s1. The minimum absolute atomic E-state index is 0.0267. The Labute approximate surface area is 147 Å². The average Bonchev–Trinajstić information content (AvgIpc) is 2.52. The number of rotatable bonds is 7. The van der Waals surface area contributed by atoms with E-state index in [1.54, 1.807) is 20.8 Å². The van der Waals surface area contributed by atoms with Crippen LogP contribution in [0.3, 0.4) is 0 Å². The van der Waals surface area contributed by atoms with Gasteiger partial charge in [0.1, 0.15) is 11.6 Å². The van der Waals surface area contributed by atoms with Crippen molar-refractivity contribution in [2.75, 3.05) is 19.4 Å². The normalized spacial score (nSPS) is 13.7. The molecule has 0 aromatic heterocycles. The first-order chi connectivity index (χ1) is 11.3. The van der Waals surface area contributed by atoms with Crippen molar-refractivity contribution in [3.63, 3.8) is 0 Å². The number of ether oxygens (including phenoxy) is 2. The van der Waals surface area contributed by atoms with Gasteiger partial charge in [-0.15, -0.1) is 11.8 Å². The lowest BCUT2D eigenvalue weighted by Gasteiger charge is -2.23. The van der Waals surface area contributed by atoms with Gasteiger partial charge >= 0.3 is 12.1 Å². The number of amides is 1. The van der Waals surface area contributed by atoms with Crippen LogP contribution in [0.25, 0.3) is 0 Å². The molecule has 1 unspecified atom stereocenters. The lowest BCUT2D eigenvalue weighted by molar-refractivity contribution is -0.142. The highest BCUT2D eigenvalue weighted by atomic mass is 32.2. The predicted octanol–water partition coefficient (Wildman–Crippen LogP) is 2.49. The molecule has 0 aliphatic heterocycles. The highest BCUT2D eigenvalue weighted by Crippen LogP contribution is 2.28. The van der Waals surface area contributed by atoms with Crippen molar-refractivity contribution in [1.29, 1.82) is 0 Å². The SMILES string of the molecule is COC(=O)[C@@H](CSC(CN)c1ccccc1)NC(=O)OC(C)(C)C. The molecule has 0 heterocycles. The van der Waals surface area contributed by atoms with E-state index in [4.69, 9.17) is 15.2 Å². The number of hydrogen-bond donors (Lipinski definition) is 2. The summed E-state index contributed by atoms with van der Waals surface area (Å²) in [5.41, 5.74) is 6.27. The molecule has 1 rings (SSSR count). The molecule has 0 saturated carbocycles. The Kier molecular flexibility index (Phi) is 8.07. The number of carbonyl (C=O) groups excluding carboxylic acids is 2. The highest BCUT2D eigenvalue weighted by molar-refractivity contribution is 7.99. The van der Waals surface area contributed by atoms with Crippen LogP contribution >= 0.6 is 11.8 Å². The quantitative estimate of drug-likeness (QED) is 0.731. The molecule has 1 aromatic carbocycles. The molecular formula is C17H26N2O4S. The number of carbonyl (C=O) groups is 2.